The monoisotopic (exact) mass is 353 g/mol. The summed E-state index contributed by atoms with van der Waals surface area (Å²) in [6.07, 6.45) is 0.722. The van der Waals surface area contributed by atoms with Gasteiger partial charge in [0.2, 0.25) is 17.7 Å². The summed E-state index contributed by atoms with van der Waals surface area (Å²) in [5.41, 5.74) is 0.955. The van der Waals surface area contributed by atoms with Gasteiger partial charge in [0.25, 0.3) is 5.91 Å². The van der Waals surface area contributed by atoms with E-state index in [0.717, 1.165) is 0 Å². The maximum Gasteiger partial charge on any atom is 0.254 e. The van der Waals surface area contributed by atoms with Gasteiger partial charge < -0.3 is 14.2 Å². The lowest BCUT2D eigenvalue weighted by Gasteiger charge is -2.34. The highest BCUT2D eigenvalue weighted by molar-refractivity contribution is 5.94. The molecule has 1 aliphatic heterocycles. The first-order valence-corrected chi connectivity index (χ1v) is 8.43. The minimum atomic E-state index is -0.115. The Balaban J connectivity index is 1.51. The van der Waals surface area contributed by atoms with Crippen LogP contribution >= 0.6 is 0 Å². The predicted octanol–water partition coefficient (Wildman–Crippen LogP) is 1.17. The van der Waals surface area contributed by atoms with Crippen LogP contribution in [0, 0.1) is 18.3 Å². The van der Waals surface area contributed by atoms with E-state index in [4.69, 9.17) is 9.68 Å². The number of benzene rings is 1. The van der Waals surface area contributed by atoms with Crippen molar-refractivity contribution < 1.29 is 14.0 Å². The van der Waals surface area contributed by atoms with Gasteiger partial charge in [-0.2, -0.15) is 5.26 Å². The average molecular weight is 353 g/mol. The van der Waals surface area contributed by atoms with Crippen LogP contribution in [-0.2, 0) is 11.2 Å². The van der Waals surface area contributed by atoms with Crippen molar-refractivity contribution in [2.45, 2.75) is 19.8 Å². The standard InChI is InChI=1S/C18H19N5O3/c1-13-20-21-16(26-13)5-6-17(24)22-7-9-23(10-8-22)18(25)15-4-2-3-14(11-15)12-19/h2-4,11H,5-10H2,1H3. The van der Waals surface area contributed by atoms with E-state index in [2.05, 4.69) is 10.2 Å². The van der Waals surface area contributed by atoms with Crippen LogP contribution < -0.4 is 0 Å². The molecule has 0 aliphatic carbocycles. The number of aromatic nitrogens is 2. The van der Waals surface area contributed by atoms with E-state index in [-0.39, 0.29) is 11.8 Å². The number of carbonyl (C=O) groups is 2. The van der Waals surface area contributed by atoms with Crippen LogP contribution in [0.1, 0.15) is 34.1 Å². The molecule has 1 fully saturated rings. The van der Waals surface area contributed by atoms with Crippen molar-refractivity contribution in [3.63, 3.8) is 0 Å². The lowest BCUT2D eigenvalue weighted by molar-refractivity contribution is -0.132. The Morgan fingerprint density at radius 3 is 2.58 bits per heavy atom. The zero-order valence-corrected chi connectivity index (χ0v) is 14.5. The second-order valence-corrected chi connectivity index (χ2v) is 6.08. The van der Waals surface area contributed by atoms with E-state index in [0.29, 0.717) is 61.9 Å². The first-order valence-electron chi connectivity index (χ1n) is 8.43. The minimum Gasteiger partial charge on any atom is -0.426 e. The number of hydrogen-bond acceptors (Lipinski definition) is 6. The molecule has 2 aromatic rings. The summed E-state index contributed by atoms with van der Waals surface area (Å²) in [6, 6.07) is 8.69. The zero-order chi connectivity index (χ0) is 18.5. The molecule has 134 valence electrons. The lowest BCUT2D eigenvalue weighted by Crippen LogP contribution is -2.50. The van der Waals surface area contributed by atoms with E-state index in [1.807, 2.05) is 6.07 Å². The van der Waals surface area contributed by atoms with Crippen molar-refractivity contribution in [3.05, 3.63) is 47.2 Å². The highest BCUT2D eigenvalue weighted by Gasteiger charge is 2.25. The third kappa shape index (κ3) is 4.06. The fourth-order valence-corrected chi connectivity index (χ4v) is 2.87. The van der Waals surface area contributed by atoms with Crippen molar-refractivity contribution in [2.24, 2.45) is 0 Å². The average Bonchev–Trinajstić information content (AvgIpc) is 3.11. The van der Waals surface area contributed by atoms with Crippen LogP contribution in [0.15, 0.2) is 28.7 Å². The molecule has 8 heteroatoms. The van der Waals surface area contributed by atoms with E-state index in [1.54, 1.807) is 41.0 Å². The van der Waals surface area contributed by atoms with E-state index in [1.165, 1.54) is 0 Å². The van der Waals surface area contributed by atoms with Gasteiger partial charge in [0.05, 0.1) is 11.6 Å². The topological polar surface area (TPSA) is 103 Å². The fourth-order valence-electron chi connectivity index (χ4n) is 2.87. The number of nitrogens with zero attached hydrogens (tertiary/aromatic N) is 5. The number of hydrogen-bond donors (Lipinski definition) is 0. The second kappa shape index (κ2) is 7.78. The Hall–Kier alpha value is -3.21. The van der Waals surface area contributed by atoms with Gasteiger partial charge >= 0.3 is 0 Å². The summed E-state index contributed by atoms with van der Waals surface area (Å²) in [5, 5.41) is 16.6. The number of nitriles is 1. The fraction of sp³-hybridized carbons (Fsp3) is 0.389. The van der Waals surface area contributed by atoms with Gasteiger partial charge in [-0.25, -0.2) is 0 Å². The van der Waals surface area contributed by atoms with Crippen LogP contribution in [0.25, 0.3) is 0 Å². The molecule has 0 N–H and O–H groups in total. The SMILES string of the molecule is Cc1nnc(CCC(=O)N2CCN(C(=O)c3cccc(C#N)c3)CC2)o1. The molecule has 0 atom stereocenters. The van der Waals surface area contributed by atoms with Gasteiger partial charge in [0, 0.05) is 51.5 Å². The van der Waals surface area contributed by atoms with Crippen molar-refractivity contribution in [1.82, 2.24) is 20.0 Å². The molecule has 0 radical (unpaired) electrons. The van der Waals surface area contributed by atoms with E-state index >= 15 is 0 Å². The highest BCUT2D eigenvalue weighted by atomic mass is 16.4. The molecule has 3 rings (SSSR count). The molecule has 2 amide bonds. The largest absolute Gasteiger partial charge is 0.426 e. The molecule has 1 saturated heterocycles. The van der Waals surface area contributed by atoms with Crippen LogP contribution in [0.3, 0.4) is 0 Å². The van der Waals surface area contributed by atoms with Crippen molar-refractivity contribution in [1.29, 1.82) is 5.26 Å². The van der Waals surface area contributed by atoms with Crippen molar-refractivity contribution in [3.8, 4) is 6.07 Å². The van der Waals surface area contributed by atoms with Gasteiger partial charge in [0.1, 0.15) is 0 Å². The first kappa shape index (κ1) is 17.6. The van der Waals surface area contributed by atoms with Gasteiger partial charge in [0.15, 0.2) is 0 Å². The van der Waals surface area contributed by atoms with E-state index < -0.39 is 0 Å². The maximum atomic E-state index is 12.5. The Labute approximate surface area is 151 Å². The van der Waals surface area contributed by atoms with Gasteiger partial charge in [-0.3, -0.25) is 9.59 Å². The molecule has 0 spiro atoms. The highest BCUT2D eigenvalue weighted by Crippen LogP contribution is 2.12. The van der Waals surface area contributed by atoms with Gasteiger partial charge in [-0.15, -0.1) is 10.2 Å². The number of piperazine rings is 1. The van der Waals surface area contributed by atoms with Crippen LogP contribution in [-0.4, -0.2) is 58.0 Å². The summed E-state index contributed by atoms with van der Waals surface area (Å²) < 4.78 is 5.27. The number of carbonyl (C=O) groups excluding carboxylic acids is 2. The van der Waals surface area contributed by atoms with Gasteiger partial charge in [-0.1, -0.05) is 6.07 Å². The van der Waals surface area contributed by atoms with Gasteiger partial charge in [-0.05, 0) is 18.2 Å². The molecule has 26 heavy (non-hydrogen) atoms. The summed E-state index contributed by atoms with van der Waals surface area (Å²) >= 11 is 0. The Bertz CT molecular complexity index is 847. The Kier molecular flexibility index (Phi) is 5.27. The second-order valence-electron chi connectivity index (χ2n) is 6.08. The van der Waals surface area contributed by atoms with Crippen LogP contribution in [0.4, 0.5) is 0 Å². The third-order valence-corrected chi connectivity index (χ3v) is 4.28. The van der Waals surface area contributed by atoms with Crippen molar-refractivity contribution >= 4 is 11.8 Å². The minimum absolute atomic E-state index is 0.0134. The molecule has 0 saturated carbocycles. The molecule has 1 aromatic heterocycles. The molecule has 1 aliphatic rings. The summed E-state index contributed by atoms with van der Waals surface area (Å²) in [5.74, 6) is 0.844. The normalized spacial score (nSPS) is 14.2. The third-order valence-electron chi connectivity index (χ3n) is 4.28. The molecular formula is C18H19N5O3. The van der Waals surface area contributed by atoms with Crippen molar-refractivity contribution in [2.75, 3.05) is 26.2 Å². The molecule has 0 bridgehead atoms. The number of rotatable bonds is 4. The summed E-state index contributed by atoms with van der Waals surface area (Å²) in [6.45, 7) is 3.64. The number of aryl methyl sites for hydroxylation is 2. The first-order chi connectivity index (χ1) is 12.6. The molecule has 8 nitrogen and oxygen atoms in total. The molecule has 2 heterocycles. The smallest absolute Gasteiger partial charge is 0.254 e. The maximum absolute atomic E-state index is 12.5. The summed E-state index contributed by atoms with van der Waals surface area (Å²) in [4.78, 5) is 28.3. The Morgan fingerprint density at radius 1 is 1.19 bits per heavy atom. The Morgan fingerprint density at radius 2 is 1.92 bits per heavy atom. The zero-order valence-electron chi connectivity index (χ0n) is 14.5. The lowest BCUT2D eigenvalue weighted by atomic mass is 10.1. The molecular weight excluding hydrogens is 334 g/mol. The van der Waals surface area contributed by atoms with E-state index in [9.17, 15) is 9.59 Å². The van der Waals surface area contributed by atoms with Crippen LogP contribution in [0.5, 0.6) is 0 Å². The quantitative estimate of drug-likeness (QED) is 0.817. The number of amides is 2. The summed E-state index contributed by atoms with van der Waals surface area (Å²) in [7, 11) is 0. The molecule has 1 aromatic carbocycles. The van der Waals surface area contributed by atoms with Crippen LogP contribution in [0.2, 0.25) is 0 Å². The predicted molar refractivity (Wildman–Crippen MR) is 91.0 cm³/mol. The molecule has 0 unspecified atom stereocenters.